The van der Waals surface area contributed by atoms with Crippen molar-refractivity contribution in [1.29, 1.82) is 0 Å². The Kier molecular flexibility index (Phi) is 4.36. The zero-order valence-electron chi connectivity index (χ0n) is 11.6. The van der Waals surface area contributed by atoms with Crippen molar-refractivity contribution in [3.63, 3.8) is 0 Å². The van der Waals surface area contributed by atoms with Crippen molar-refractivity contribution in [2.24, 2.45) is 5.84 Å². The number of rotatable bonds is 6. The molecule has 0 spiro atoms. The summed E-state index contributed by atoms with van der Waals surface area (Å²) in [5, 5.41) is 5.88. The molecule has 1 atom stereocenters. The Morgan fingerprint density at radius 1 is 1.55 bits per heavy atom. The fourth-order valence-electron chi connectivity index (χ4n) is 1.77. The van der Waals surface area contributed by atoms with Gasteiger partial charge in [-0.1, -0.05) is 6.92 Å². The Balaban J connectivity index is 2.19. The number of hydrazine groups is 1. The molecule has 1 unspecified atom stereocenters. The molecule has 0 bridgehead atoms. The molecule has 1 amide bonds. The summed E-state index contributed by atoms with van der Waals surface area (Å²) in [6, 6.07) is -0.414. The molecule has 2 aromatic rings. The second-order valence-corrected chi connectivity index (χ2v) is 4.43. The molecule has 0 aliphatic carbocycles. The van der Waals surface area contributed by atoms with Gasteiger partial charge in [-0.3, -0.25) is 4.79 Å². The average molecular weight is 277 g/mol. The number of carbonyl (C=O) groups excluding carboxylic acids is 1. The van der Waals surface area contributed by atoms with E-state index in [1.165, 1.54) is 0 Å². The first-order chi connectivity index (χ1) is 9.65. The molecule has 0 saturated carbocycles. The van der Waals surface area contributed by atoms with Gasteiger partial charge in [0.15, 0.2) is 17.3 Å². The Morgan fingerprint density at radius 3 is 3.05 bits per heavy atom. The van der Waals surface area contributed by atoms with E-state index in [4.69, 9.17) is 5.84 Å². The molecule has 2 aromatic heterocycles. The summed E-state index contributed by atoms with van der Waals surface area (Å²) in [4.78, 5) is 20.4. The minimum Gasteiger partial charge on any atom is -0.355 e. The van der Waals surface area contributed by atoms with Gasteiger partial charge in [-0.25, -0.2) is 15.8 Å². The SMILES string of the molecule is CCCNC(=O)C(C)Nc1nc(NN)cn2ccnc12. The first-order valence-electron chi connectivity index (χ1n) is 6.50. The monoisotopic (exact) mass is 277 g/mol. The van der Waals surface area contributed by atoms with E-state index >= 15 is 0 Å². The van der Waals surface area contributed by atoms with Gasteiger partial charge in [-0.15, -0.1) is 0 Å². The number of aromatic nitrogens is 3. The third kappa shape index (κ3) is 2.97. The summed E-state index contributed by atoms with van der Waals surface area (Å²) >= 11 is 0. The first-order valence-corrected chi connectivity index (χ1v) is 6.50. The van der Waals surface area contributed by atoms with Crippen LogP contribution >= 0.6 is 0 Å². The smallest absolute Gasteiger partial charge is 0.242 e. The van der Waals surface area contributed by atoms with Gasteiger partial charge in [0.1, 0.15) is 6.04 Å². The minimum atomic E-state index is -0.414. The van der Waals surface area contributed by atoms with Gasteiger partial charge in [-0.05, 0) is 13.3 Å². The summed E-state index contributed by atoms with van der Waals surface area (Å²) in [6.07, 6.45) is 6.05. The zero-order chi connectivity index (χ0) is 14.5. The maximum atomic E-state index is 11.9. The summed E-state index contributed by atoms with van der Waals surface area (Å²) in [5.41, 5.74) is 3.12. The van der Waals surface area contributed by atoms with Crippen LogP contribution in [-0.2, 0) is 4.79 Å². The lowest BCUT2D eigenvalue weighted by molar-refractivity contribution is -0.121. The van der Waals surface area contributed by atoms with Gasteiger partial charge in [-0.2, -0.15) is 0 Å². The van der Waals surface area contributed by atoms with Gasteiger partial charge in [0.05, 0.1) is 6.20 Å². The standard InChI is InChI=1S/C12H19N7O/c1-3-4-15-12(20)8(2)16-10-11-14-5-6-19(11)7-9(17-10)18-13/h5-8,18H,3-4,13H2,1-2H3,(H,15,20)(H,16,17). The van der Waals surface area contributed by atoms with Crippen LogP contribution < -0.4 is 21.9 Å². The maximum absolute atomic E-state index is 11.9. The van der Waals surface area contributed by atoms with E-state index in [1.54, 1.807) is 29.9 Å². The van der Waals surface area contributed by atoms with Crippen LogP contribution in [0.4, 0.5) is 11.6 Å². The molecule has 2 heterocycles. The van der Waals surface area contributed by atoms with E-state index < -0.39 is 6.04 Å². The van der Waals surface area contributed by atoms with Crippen LogP contribution in [0.1, 0.15) is 20.3 Å². The van der Waals surface area contributed by atoms with Crippen LogP contribution in [0.25, 0.3) is 5.65 Å². The molecule has 0 saturated heterocycles. The van der Waals surface area contributed by atoms with Crippen molar-refractivity contribution in [3.8, 4) is 0 Å². The predicted octanol–water partition coefficient (Wildman–Crippen LogP) is 0.342. The molecule has 2 rings (SSSR count). The highest BCUT2D eigenvalue weighted by Gasteiger charge is 2.15. The fraction of sp³-hybridized carbons (Fsp3) is 0.417. The second-order valence-electron chi connectivity index (χ2n) is 4.43. The van der Waals surface area contributed by atoms with Gasteiger partial charge in [0.2, 0.25) is 5.91 Å². The molecule has 0 aromatic carbocycles. The number of hydrogen-bond donors (Lipinski definition) is 4. The van der Waals surface area contributed by atoms with E-state index in [2.05, 4.69) is 26.0 Å². The van der Waals surface area contributed by atoms with Crippen LogP contribution in [-0.4, -0.2) is 32.9 Å². The quantitative estimate of drug-likeness (QED) is 0.448. The van der Waals surface area contributed by atoms with Crippen LogP contribution in [0.5, 0.6) is 0 Å². The van der Waals surface area contributed by atoms with Crippen LogP contribution in [0, 0.1) is 0 Å². The van der Waals surface area contributed by atoms with Gasteiger partial charge < -0.3 is 20.5 Å². The Morgan fingerprint density at radius 2 is 2.35 bits per heavy atom. The number of amides is 1. The zero-order valence-corrected chi connectivity index (χ0v) is 11.6. The summed E-state index contributed by atoms with van der Waals surface area (Å²) in [7, 11) is 0. The third-order valence-corrected chi connectivity index (χ3v) is 2.82. The topological polar surface area (TPSA) is 109 Å². The van der Waals surface area contributed by atoms with Crippen molar-refractivity contribution in [3.05, 3.63) is 18.6 Å². The van der Waals surface area contributed by atoms with E-state index in [-0.39, 0.29) is 5.91 Å². The number of nitrogens with zero attached hydrogens (tertiary/aromatic N) is 3. The molecule has 8 heteroatoms. The molecule has 20 heavy (non-hydrogen) atoms. The molecule has 0 radical (unpaired) electrons. The summed E-state index contributed by atoms with van der Waals surface area (Å²) in [6.45, 7) is 4.43. The van der Waals surface area contributed by atoms with E-state index in [0.717, 1.165) is 6.42 Å². The van der Waals surface area contributed by atoms with E-state index in [1.807, 2.05) is 6.92 Å². The molecular weight excluding hydrogens is 258 g/mol. The number of hydrogen-bond acceptors (Lipinski definition) is 6. The molecule has 108 valence electrons. The third-order valence-electron chi connectivity index (χ3n) is 2.82. The normalized spacial score (nSPS) is 12.2. The van der Waals surface area contributed by atoms with Crippen molar-refractivity contribution >= 4 is 23.2 Å². The molecule has 5 N–H and O–H groups in total. The molecule has 8 nitrogen and oxygen atoms in total. The predicted molar refractivity (Wildman–Crippen MR) is 77.2 cm³/mol. The van der Waals surface area contributed by atoms with Crippen molar-refractivity contribution < 1.29 is 4.79 Å². The van der Waals surface area contributed by atoms with Crippen molar-refractivity contribution in [2.45, 2.75) is 26.3 Å². The van der Waals surface area contributed by atoms with Gasteiger partial charge >= 0.3 is 0 Å². The molecular formula is C12H19N7O. The summed E-state index contributed by atoms with van der Waals surface area (Å²) in [5.74, 6) is 6.29. The lowest BCUT2D eigenvalue weighted by atomic mass is 10.3. The number of fused-ring (bicyclic) bond motifs is 1. The second kappa shape index (κ2) is 6.20. The number of imidazole rings is 1. The van der Waals surface area contributed by atoms with Crippen molar-refractivity contribution in [2.75, 3.05) is 17.3 Å². The number of nitrogens with one attached hydrogen (secondary N) is 3. The lowest BCUT2D eigenvalue weighted by Crippen LogP contribution is -2.38. The Bertz CT molecular complexity index is 595. The number of carbonyl (C=O) groups is 1. The van der Waals surface area contributed by atoms with Crippen LogP contribution in [0.3, 0.4) is 0 Å². The number of nitrogens with two attached hydrogens (primary N) is 1. The highest BCUT2D eigenvalue weighted by Crippen LogP contribution is 2.16. The Labute approximate surface area is 116 Å². The highest BCUT2D eigenvalue weighted by molar-refractivity contribution is 5.85. The highest BCUT2D eigenvalue weighted by atomic mass is 16.2. The largest absolute Gasteiger partial charge is 0.355 e. The molecule has 0 aliphatic rings. The maximum Gasteiger partial charge on any atom is 0.242 e. The van der Waals surface area contributed by atoms with E-state index in [0.29, 0.717) is 23.8 Å². The van der Waals surface area contributed by atoms with Crippen LogP contribution in [0.2, 0.25) is 0 Å². The summed E-state index contributed by atoms with van der Waals surface area (Å²) < 4.78 is 1.78. The fourth-order valence-corrected chi connectivity index (χ4v) is 1.77. The molecule has 0 aliphatic heterocycles. The lowest BCUT2D eigenvalue weighted by Gasteiger charge is -2.15. The number of anilines is 2. The van der Waals surface area contributed by atoms with Gasteiger partial charge in [0.25, 0.3) is 0 Å². The Hall–Kier alpha value is -2.35. The first kappa shape index (κ1) is 14.1. The van der Waals surface area contributed by atoms with Crippen LogP contribution in [0.15, 0.2) is 18.6 Å². The number of nitrogen functional groups attached to an aromatic ring is 1. The van der Waals surface area contributed by atoms with Crippen molar-refractivity contribution in [1.82, 2.24) is 19.7 Å². The van der Waals surface area contributed by atoms with Gasteiger partial charge in [0, 0.05) is 18.9 Å². The van der Waals surface area contributed by atoms with E-state index in [9.17, 15) is 4.79 Å². The average Bonchev–Trinajstić information content (AvgIpc) is 2.92. The molecule has 0 fully saturated rings. The minimum absolute atomic E-state index is 0.0792.